The minimum Gasteiger partial charge on any atom is -0.366 e. The van der Waals surface area contributed by atoms with Crippen molar-refractivity contribution in [3.63, 3.8) is 0 Å². The van der Waals surface area contributed by atoms with Crippen LogP contribution in [0.2, 0.25) is 10.0 Å². The van der Waals surface area contributed by atoms with Gasteiger partial charge in [-0.1, -0.05) is 29.3 Å². The number of halogens is 2. The van der Waals surface area contributed by atoms with Crippen molar-refractivity contribution in [2.24, 2.45) is 5.73 Å². The molecule has 112 valence electrons. The number of amides is 2. The van der Waals surface area contributed by atoms with Crippen LogP contribution >= 0.6 is 23.2 Å². The van der Waals surface area contributed by atoms with Gasteiger partial charge in [0, 0.05) is 32.9 Å². The van der Waals surface area contributed by atoms with Crippen LogP contribution in [0.1, 0.15) is 15.9 Å². The zero-order valence-electron chi connectivity index (χ0n) is 11.3. The molecule has 0 aliphatic rings. The molecule has 0 aromatic heterocycles. The predicted molar refractivity (Wildman–Crippen MR) is 89.1 cm³/mol. The Morgan fingerprint density at radius 3 is 2.14 bits per heavy atom. The molecule has 0 atom stereocenters. The standard InChI is InChI=1S/C16H12Cl2N2O2/c17-13-2-1-3-14(18)12(13)8-9-15(21)20-11-6-4-10(5-7-11)16(19)22/h1-9H,(H2,19,22)(H,20,21). The highest BCUT2D eigenvalue weighted by molar-refractivity contribution is 6.37. The van der Waals surface area contributed by atoms with Gasteiger partial charge in [-0.3, -0.25) is 9.59 Å². The molecule has 0 aliphatic heterocycles. The summed E-state index contributed by atoms with van der Waals surface area (Å²) in [6.45, 7) is 0. The van der Waals surface area contributed by atoms with Crippen molar-refractivity contribution in [3.05, 3.63) is 69.7 Å². The number of carbonyl (C=O) groups excluding carboxylic acids is 2. The number of rotatable bonds is 4. The van der Waals surface area contributed by atoms with Crippen LogP contribution in [-0.4, -0.2) is 11.8 Å². The molecule has 0 bridgehead atoms. The molecule has 0 aliphatic carbocycles. The Bertz CT molecular complexity index is 720. The van der Waals surface area contributed by atoms with Gasteiger partial charge >= 0.3 is 0 Å². The first kappa shape index (κ1) is 16.1. The minimum absolute atomic E-state index is 0.345. The second kappa shape index (κ2) is 7.11. The van der Waals surface area contributed by atoms with E-state index < -0.39 is 5.91 Å². The van der Waals surface area contributed by atoms with E-state index in [-0.39, 0.29) is 5.91 Å². The summed E-state index contributed by atoms with van der Waals surface area (Å²) in [5.74, 6) is -0.867. The second-order valence-electron chi connectivity index (χ2n) is 4.40. The number of primary amides is 1. The van der Waals surface area contributed by atoms with E-state index >= 15 is 0 Å². The number of nitrogens with one attached hydrogen (secondary N) is 1. The van der Waals surface area contributed by atoms with Gasteiger partial charge in [0.25, 0.3) is 0 Å². The summed E-state index contributed by atoms with van der Waals surface area (Å²) in [7, 11) is 0. The van der Waals surface area contributed by atoms with Crippen LogP contribution in [-0.2, 0) is 4.79 Å². The van der Waals surface area contributed by atoms with Crippen molar-refractivity contribution < 1.29 is 9.59 Å². The molecule has 2 aromatic carbocycles. The monoisotopic (exact) mass is 334 g/mol. The molecule has 0 heterocycles. The van der Waals surface area contributed by atoms with Crippen LogP contribution in [0.5, 0.6) is 0 Å². The first-order valence-electron chi connectivity index (χ1n) is 6.30. The van der Waals surface area contributed by atoms with E-state index in [9.17, 15) is 9.59 Å². The fourth-order valence-electron chi connectivity index (χ4n) is 1.73. The molecule has 2 aromatic rings. The molecular weight excluding hydrogens is 323 g/mol. The summed E-state index contributed by atoms with van der Waals surface area (Å²) in [6, 6.07) is 11.4. The number of hydrogen-bond donors (Lipinski definition) is 2. The molecule has 0 unspecified atom stereocenters. The summed E-state index contributed by atoms with van der Waals surface area (Å²) in [5, 5.41) is 3.57. The maximum atomic E-state index is 11.9. The number of anilines is 1. The first-order valence-corrected chi connectivity index (χ1v) is 7.06. The zero-order chi connectivity index (χ0) is 16.1. The van der Waals surface area contributed by atoms with Crippen molar-refractivity contribution in [1.82, 2.24) is 0 Å². The summed E-state index contributed by atoms with van der Waals surface area (Å²) >= 11 is 12.0. The van der Waals surface area contributed by atoms with Gasteiger partial charge in [-0.15, -0.1) is 0 Å². The van der Waals surface area contributed by atoms with Gasteiger partial charge in [0.15, 0.2) is 0 Å². The summed E-state index contributed by atoms with van der Waals surface area (Å²) in [4.78, 5) is 22.8. The SMILES string of the molecule is NC(=O)c1ccc(NC(=O)C=Cc2c(Cl)cccc2Cl)cc1. The van der Waals surface area contributed by atoms with Crippen LogP contribution in [0, 0.1) is 0 Å². The van der Waals surface area contributed by atoms with Crippen LogP contribution in [0.15, 0.2) is 48.5 Å². The highest BCUT2D eigenvalue weighted by Crippen LogP contribution is 2.25. The highest BCUT2D eigenvalue weighted by Gasteiger charge is 2.04. The van der Waals surface area contributed by atoms with E-state index in [4.69, 9.17) is 28.9 Å². The lowest BCUT2D eigenvalue weighted by Gasteiger charge is -2.03. The summed E-state index contributed by atoms with van der Waals surface area (Å²) in [6.07, 6.45) is 2.87. The van der Waals surface area contributed by atoms with Gasteiger partial charge in [0.1, 0.15) is 0 Å². The van der Waals surface area contributed by atoms with Crippen LogP contribution in [0.3, 0.4) is 0 Å². The Balaban J connectivity index is 2.06. The predicted octanol–water partition coefficient (Wildman–Crippen LogP) is 3.74. The quantitative estimate of drug-likeness (QED) is 0.836. The Kier molecular flexibility index (Phi) is 5.20. The molecule has 0 fully saturated rings. The van der Waals surface area contributed by atoms with Gasteiger partial charge in [0.05, 0.1) is 0 Å². The van der Waals surface area contributed by atoms with Crippen molar-refractivity contribution in [1.29, 1.82) is 0 Å². The number of nitrogens with two attached hydrogens (primary N) is 1. The summed E-state index contributed by atoms with van der Waals surface area (Å²) < 4.78 is 0. The van der Waals surface area contributed by atoms with Crippen molar-refractivity contribution >= 4 is 46.8 Å². The second-order valence-corrected chi connectivity index (χ2v) is 5.21. The van der Waals surface area contributed by atoms with Crippen LogP contribution in [0.25, 0.3) is 6.08 Å². The third-order valence-corrected chi connectivity index (χ3v) is 3.50. The lowest BCUT2D eigenvalue weighted by Crippen LogP contribution is -2.11. The molecular formula is C16H12Cl2N2O2. The molecule has 0 saturated heterocycles. The zero-order valence-corrected chi connectivity index (χ0v) is 12.9. The van der Waals surface area contributed by atoms with Gasteiger partial charge in [0.2, 0.25) is 11.8 Å². The Hall–Kier alpha value is -2.30. The third-order valence-electron chi connectivity index (χ3n) is 2.84. The first-order chi connectivity index (χ1) is 10.5. The van der Waals surface area contributed by atoms with Gasteiger partial charge in [-0.05, 0) is 42.5 Å². The van der Waals surface area contributed by atoms with Crippen molar-refractivity contribution in [3.8, 4) is 0 Å². The van der Waals surface area contributed by atoms with Crippen LogP contribution in [0.4, 0.5) is 5.69 Å². The summed E-state index contributed by atoms with van der Waals surface area (Å²) in [5.41, 5.74) is 6.64. The molecule has 2 rings (SSSR count). The molecule has 0 saturated carbocycles. The smallest absolute Gasteiger partial charge is 0.248 e. The van der Waals surface area contributed by atoms with E-state index in [1.807, 2.05) is 0 Å². The Morgan fingerprint density at radius 2 is 1.59 bits per heavy atom. The Morgan fingerprint density at radius 1 is 1.00 bits per heavy atom. The van der Waals surface area contributed by atoms with Gasteiger partial charge in [-0.25, -0.2) is 0 Å². The van der Waals surface area contributed by atoms with E-state index in [2.05, 4.69) is 5.32 Å². The van der Waals surface area contributed by atoms with Crippen LogP contribution < -0.4 is 11.1 Å². The maximum Gasteiger partial charge on any atom is 0.248 e. The van der Waals surface area contributed by atoms with E-state index in [1.165, 1.54) is 24.3 Å². The van der Waals surface area contributed by atoms with E-state index in [0.717, 1.165) is 0 Å². The topological polar surface area (TPSA) is 72.2 Å². The fraction of sp³-hybridized carbons (Fsp3) is 0. The largest absolute Gasteiger partial charge is 0.366 e. The van der Waals surface area contributed by atoms with Crippen molar-refractivity contribution in [2.45, 2.75) is 0 Å². The number of carbonyl (C=O) groups is 2. The Labute approximate surface area is 137 Å². The average molecular weight is 335 g/mol. The van der Waals surface area contributed by atoms with E-state index in [0.29, 0.717) is 26.9 Å². The molecule has 0 radical (unpaired) electrons. The molecule has 6 heteroatoms. The maximum absolute atomic E-state index is 11.9. The van der Waals surface area contributed by atoms with E-state index in [1.54, 1.807) is 30.3 Å². The molecule has 3 N–H and O–H groups in total. The molecule has 4 nitrogen and oxygen atoms in total. The molecule has 22 heavy (non-hydrogen) atoms. The minimum atomic E-state index is -0.522. The fourth-order valence-corrected chi connectivity index (χ4v) is 2.25. The van der Waals surface area contributed by atoms with Crippen molar-refractivity contribution in [2.75, 3.05) is 5.32 Å². The number of hydrogen-bond acceptors (Lipinski definition) is 2. The number of benzene rings is 2. The normalized spacial score (nSPS) is 10.6. The molecule has 2 amide bonds. The van der Waals surface area contributed by atoms with Gasteiger partial charge in [-0.2, -0.15) is 0 Å². The van der Waals surface area contributed by atoms with Gasteiger partial charge < -0.3 is 11.1 Å². The lowest BCUT2D eigenvalue weighted by molar-refractivity contribution is -0.111. The average Bonchev–Trinajstić information content (AvgIpc) is 2.47. The lowest BCUT2D eigenvalue weighted by atomic mass is 10.2. The molecule has 0 spiro atoms. The highest BCUT2D eigenvalue weighted by atomic mass is 35.5. The third kappa shape index (κ3) is 4.10.